The van der Waals surface area contributed by atoms with Crippen LogP contribution in [0.15, 0.2) is 18.2 Å². The zero-order chi connectivity index (χ0) is 11.4. The average molecular weight is 213 g/mol. The maximum absolute atomic E-state index is 12.8. The first kappa shape index (κ1) is 10.9. The Labute approximate surface area is 84.0 Å². The van der Waals surface area contributed by atoms with Crippen LogP contribution in [0, 0.1) is 15.9 Å². The van der Waals surface area contributed by atoms with Crippen molar-refractivity contribution in [1.29, 1.82) is 0 Å². The summed E-state index contributed by atoms with van der Waals surface area (Å²) in [6.45, 7) is -0.287. The van der Waals surface area contributed by atoms with Crippen LogP contribution in [0.4, 0.5) is 15.8 Å². The van der Waals surface area contributed by atoms with Crippen molar-refractivity contribution < 1.29 is 14.1 Å². The Bertz CT molecular complexity index is 408. The highest BCUT2D eigenvalue weighted by Crippen LogP contribution is 2.24. The van der Waals surface area contributed by atoms with Crippen molar-refractivity contribution in [1.82, 2.24) is 0 Å². The van der Waals surface area contributed by atoms with Crippen molar-refractivity contribution in [2.45, 2.75) is 0 Å². The molecule has 3 N–H and O–H groups in total. The number of carbonyl (C=O) groups is 1. The van der Waals surface area contributed by atoms with Crippen molar-refractivity contribution >= 4 is 17.3 Å². The van der Waals surface area contributed by atoms with Gasteiger partial charge in [0.2, 0.25) is 5.91 Å². The Morgan fingerprint density at radius 2 is 2.27 bits per heavy atom. The van der Waals surface area contributed by atoms with Crippen molar-refractivity contribution in [3.63, 3.8) is 0 Å². The molecule has 0 heterocycles. The van der Waals surface area contributed by atoms with E-state index >= 15 is 0 Å². The molecule has 0 aliphatic rings. The van der Waals surface area contributed by atoms with Crippen molar-refractivity contribution in [3.05, 3.63) is 34.1 Å². The molecule has 0 fully saturated rings. The van der Waals surface area contributed by atoms with E-state index in [0.717, 1.165) is 18.2 Å². The molecule has 0 unspecified atom stereocenters. The van der Waals surface area contributed by atoms with Crippen LogP contribution in [0.1, 0.15) is 0 Å². The Balaban J connectivity index is 2.96. The number of nitrogens with two attached hydrogens (primary N) is 1. The maximum atomic E-state index is 12.8. The van der Waals surface area contributed by atoms with Crippen LogP contribution in [0.25, 0.3) is 0 Å². The highest BCUT2D eigenvalue weighted by atomic mass is 19.1. The number of halogens is 1. The monoisotopic (exact) mass is 213 g/mol. The maximum Gasteiger partial charge on any atom is 0.292 e. The van der Waals surface area contributed by atoms with Gasteiger partial charge in [-0.1, -0.05) is 0 Å². The van der Waals surface area contributed by atoms with Gasteiger partial charge < -0.3 is 11.1 Å². The van der Waals surface area contributed by atoms with E-state index in [4.69, 9.17) is 5.73 Å². The molecule has 80 valence electrons. The number of amides is 1. The second-order valence-electron chi connectivity index (χ2n) is 2.74. The molecular formula is C8H8FN3O3. The van der Waals surface area contributed by atoms with E-state index in [9.17, 15) is 19.3 Å². The first-order chi connectivity index (χ1) is 7.00. The zero-order valence-electron chi connectivity index (χ0n) is 7.57. The number of rotatable bonds is 4. The third-order valence-corrected chi connectivity index (χ3v) is 1.61. The predicted molar refractivity (Wildman–Crippen MR) is 50.7 cm³/mol. The molecule has 0 spiro atoms. The number of benzene rings is 1. The van der Waals surface area contributed by atoms with Gasteiger partial charge in [-0.3, -0.25) is 14.9 Å². The van der Waals surface area contributed by atoms with E-state index < -0.39 is 16.6 Å². The van der Waals surface area contributed by atoms with Crippen LogP contribution in [0.3, 0.4) is 0 Å². The highest BCUT2D eigenvalue weighted by molar-refractivity contribution is 5.80. The molecule has 0 radical (unpaired) electrons. The summed E-state index contributed by atoms with van der Waals surface area (Å²) in [6, 6.07) is 2.91. The molecule has 0 bridgehead atoms. The fourth-order valence-corrected chi connectivity index (χ4v) is 0.991. The smallest absolute Gasteiger partial charge is 0.292 e. The summed E-state index contributed by atoms with van der Waals surface area (Å²) in [5.74, 6) is -1.32. The molecular weight excluding hydrogens is 205 g/mol. The van der Waals surface area contributed by atoms with E-state index in [1.54, 1.807) is 0 Å². The molecule has 1 aromatic carbocycles. The van der Waals surface area contributed by atoms with Crippen molar-refractivity contribution in [2.24, 2.45) is 5.73 Å². The predicted octanol–water partition coefficient (Wildman–Crippen LogP) is 0.631. The topological polar surface area (TPSA) is 98.3 Å². The number of primary amides is 1. The van der Waals surface area contributed by atoms with E-state index in [2.05, 4.69) is 5.32 Å². The molecule has 0 aromatic heterocycles. The zero-order valence-corrected chi connectivity index (χ0v) is 7.57. The Morgan fingerprint density at radius 1 is 1.60 bits per heavy atom. The van der Waals surface area contributed by atoms with Gasteiger partial charge in [0.25, 0.3) is 5.69 Å². The number of nitro benzene ring substituents is 1. The number of hydrogen-bond acceptors (Lipinski definition) is 4. The van der Waals surface area contributed by atoms with Gasteiger partial charge in [-0.2, -0.15) is 0 Å². The first-order valence-corrected chi connectivity index (χ1v) is 3.97. The van der Waals surface area contributed by atoms with Gasteiger partial charge in [-0.15, -0.1) is 0 Å². The molecule has 0 saturated carbocycles. The molecule has 0 aliphatic heterocycles. The molecule has 0 saturated heterocycles. The van der Waals surface area contributed by atoms with Gasteiger partial charge in [0.05, 0.1) is 11.5 Å². The van der Waals surface area contributed by atoms with Crippen LogP contribution < -0.4 is 11.1 Å². The van der Waals surface area contributed by atoms with Crippen LogP contribution in [0.5, 0.6) is 0 Å². The third-order valence-electron chi connectivity index (χ3n) is 1.61. The first-order valence-electron chi connectivity index (χ1n) is 3.97. The quantitative estimate of drug-likeness (QED) is 0.566. The average Bonchev–Trinajstić information content (AvgIpc) is 2.14. The van der Waals surface area contributed by atoms with Crippen LogP contribution >= 0.6 is 0 Å². The van der Waals surface area contributed by atoms with Gasteiger partial charge in [-0.05, 0) is 6.07 Å². The molecule has 1 rings (SSSR count). The lowest BCUT2D eigenvalue weighted by Crippen LogP contribution is -2.22. The van der Waals surface area contributed by atoms with Crippen molar-refractivity contribution in [2.75, 3.05) is 11.9 Å². The fourth-order valence-electron chi connectivity index (χ4n) is 0.991. The minimum Gasteiger partial charge on any atom is -0.370 e. The number of anilines is 1. The van der Waals surface area contributed by atoms with Gasteiger partial charge in [0.15, 0.2) is 0 Å². The number of hydrogen-bond donors (Lipinski definition) is 2. The lowest BCUT2D eigenvalue weighted by atomic mass is 10.2. The molecule has 1 aromatic rings. The highest BCUT2D eigenvalue weighted by Gasteiger charge is 2.14. The standard InChI is InChI=1S/C8H8FN3O3/c9-5-1-2-7(12(14)15)6(3-5)11-4-8(10)13/h1-3,11H,4H2,(H2,10,13). The summed E-state index contributed by atoms with van der Waals surface area (Å²) in [7, 11) is 0. The van der Waals surface area contributed by atoms with Crippen LogP contribution in [-0.4, -0.2) is 17.4 Å². The van der Waals surface area contributed by atoms with E-state index in [0.29, 0.717) is 0 Å². The summed E-state index contributed by atoms with van der Waals surface area (Å²) in [4.78, 5) is 20.3. The Kier molecular flexibility index (Phi) is 3.17. The lowest BCUT2D eigenvalue weighted by molar-refractivity contribution is -0.384. The molecule has 0 atom stereocenters. The molecule has 0 aliphatic carbocycles. The van der Waals surface area contributed by atoms with E-state index in [-0.39, 0.29) is 17.9 Å². The Hall–Kier alpha value is -2.18. The number of nitrogens with one attached hydrogen (secondary N) is 1. The Morgan fingerprint density at radius 3 is 2.80 bits per heavy atom. The minimum absolute atomic E-state index is 0.0706. The van der Waals surface area contributed by atoms with Gasteiger partial charge in [0, 0.05) is 12.1 Å². The molecule has 1 amide bonds. The van der Waals surface area contributed by atoms with Crippen LogP contribution in [-0.2, 0) is 4.79 Å². The molecule has 7 heteroatoms. The molecule has 6 nitrogen and oxygen atoms in total. The van der Waals surface area contributed by atoms with Gasteiger partial charge >= 0.3 is 0 Å². The summed E-state index contributed by atoms with van der Waals surface area (Å²) in [5.41, 5.74) is 4.46. The van der Waals surface area contributed by atoms with E-state index in [1.165, 1.54) is 0 Å². The van der Waals surface area contributed by atoms with Gasteiger partial charge in [-0.25, -0.2) is 4.39 Å². The summed E-state index contributed by atoms with van der Waals surface area (Å²) < 4.78 is 12.8. The largest absolute Gasteiger partial charge is 0.370 e. The third kappa shape index (κ3) is 2.90. The number of carbonyl (C=O) groups excluding carboxylic acids is 1. The second-order valence-corrected chi connectivity index (χ2v) is 2.74. The van der Waals surface area contributed by atoms with Gasteiger partial charge in [0.1, 0.15) is 11.5 Å². The summed E-state index contributed by atoms with van der Waals surface area (Å²) in [5, 5.41) is 12.9. The lowest BCUT2D eigenvalue weighted by Gasteiger charge is -2.04. The second kappa shape index (κ2) is 4.36. The number of nitro groups is 1. The van der Waals surface area contributed by atoms with E-state index in [1.807, 2.05) is 0 Å². The summed E-state index contributed by atoms with van der Waals surface area (Å²) >= 11 is 0. The fraction of sp³-hybridized carbons (Fsp3) is 0.125. The SMILES string of the molecule is NC(=O)CNc1cc(F)ccc1[N+](=O)[O-]. The summed E-state index contributed by atoms with van der Waals surface area (Å²) in [6.07, 6.45) is 0. The minimum atomic E-state index is -0.687. The molecule has 15 heavy (non-hydrogen) atoms. The van der Waals surface area contributed by atoms with Crippen LogP contribution in [0.2, 0.25) is 0 Å². The number of nitrogens with zero attached hydrogens (tertiary/aromatic N) is 1. The van der Waals surface area contributed by atoms with Crippen molar-refractivity contribution in [3.8, 4) is 0 Å². The normalized spacial score (nSPS) is 9.67.